The van der Waals surface area contributed by atoms with Crippen molar-refractivity contribution in [3.63, 3.8) is 0 Å². The van der Waals surface area contributed by atoms with Gasteiger partial charge in [-0.2, -0.15) is 0 Å². The van der Waals surface area contributed by atoms with Gasteiger partial charge in [-0.1, -0.05) is 39.0 Å². The second-order valence-corrected chi connectivity index (χ2v) is 7.74. The van der Waals surface area contributed by atoms with Crippen molar-refractivity contribution in [2.75, 3.05) is 39.9 Å². The van der Waals surface area contributed by atoms with Gasteiger partial charge in [0.05, 0.1) is 7.11 Å². The maximum Gasteiger partial charge on any atom is 0.123 e. The molecule has 0 saturated carbocycles. The van der Waals surface area contributed by atoms with E-state index in [0.717, 1.165) is 44.9 Å². The standard InChI is InChI=1S/C19H32N2O2/c1-19(2,3)15-21-11-10-20(14-17(21)9-12-22)13-16-7-5-6-8-18(16)23-4/h5-8,17,22H,9-15H2,1-4H3. The molecule has 1 saturated heterocycles. The number of hydrogen-bond donors (Lipinski definition) is 1. The first-order valence-electron chi connectivity index (χ1n) is 8.62. The number of ether oxygens (including phenoxy) is 1. The summed E-state index contributed by atoms with van der Waals surface area (Å²) >= 11 is 0. The van der Waals surface area contributed by atoms with E-state index in [1.165, 1.54) is 5.56 Å². The second-order valence-electron chi connectivity index (χ2n) is 7.74. The lowest BCUT2D eigenvalue weighted by atomic mass is 9.94. The molecule has 2 rings (SSSR count). The molecule has 4 nitrogen and oxygen atoms in total. The monoisotopic (exact) mass is 320 g/mol. The molecule has 23 heavy (non-hydrogen) atoms. The molecular weight excluding hydrogens is 288 g/mol. The molecule has 1 fully saturated rings. The van der Waals surface area contributed by atoms with Crippen LogP contribution >= 0.6 is 0 Å². The SMILES string of the molecule is COc1ccccc1CN1CCN(CC(C)(C)C)C(CCO)C1. The second kappa shape index (κ2) is 8.13. The Morgan fingerprint density at radius 1 is 1.22 bits per heavy atom. The lowest BCUT2D eigenvalue weighted by molar-refractivity contribution is 0.0337. The molecular formula is C19H32N2O2. The van der Waals surface area contributed by atoms with Crippen LogP contribution < -0.4 is 4.74 Å². The van der Waals surface area contributed by atoms with Crippen LogP contribution in [0.2, 0.25) is 0 Å². The van der Waals surface area contributed by atoms with E-state index in [4.69, 9.17) is 4.74 Å². The molecule has 0 spiro atoms. The van der Waals surface area contributed by atoms with E-state index in [2.05, 4.69) is 42.7 Å². The molecule has 1 atom stereocenters. The summed E-state index contributed by atoms with van der Waals surface area (Å²) in [4.78, 5) is 5.03. The van der Waals surface area contributed by atoms with Crippen LogP contribution in [0.25, 0.3) is 0 Å². The number of aliphatic hydroxyl groups excluding tert-OH is 1. The van der Waals surface area contributed by atoms with Crippen LogP contribution in [-0.2, 0) is 6.54 Å². The van der Waals surface area contributed by atoms with Crippen molar-refractivity contribution in [3.8, 4) is 5.75 Å². The van der Waals surface area contributed by atoms with Gasteiger partial charge in [0.15, 0.2) is 0 Å². The zero-order valence-electron chi connectivity index (χ0n) is 15.1. The molecule has 1 aliphatic heterocycles. The van der Waals surface area contributed by atoms with Crippen LogP contribution in [0.15, 0.2) is 24.3 Å². The molecule has 1 aromatic rings. The van der Waals surface area contributed by atoms with Gasteiger partial charge < -0.3 is 9.84 Å². The Morgan fingerprint density at radius 2 is 1.96 bits per heavy atom. The summed E-state index contributed by atoms with van der Waals surface area (Å²) in [5, 5.41) is 9.43. The number of nitrogens with zero attached hydrogens (tertiary/aromatic N) is 2. The van der Waals surface area contributed by atoms with Gasteiger partial charge in [0, 0.05) is 50.9 Å². The van der Waals surface area contributed by atoms with E-state index >= 15 is 0 Å². The third-order valence-electron chi connectivity index (χ3n) is 4.42. The average molecular weight is 320 g/mol. The Labute approximate surface area is 141 Å². The Bertz CT molecular complexity index is 485. The summed E-state index contributed by atoms with van der Waals surface area (Å²) < 4.78 is 5.47. The van der Waals surface area contributed by atoms with Crippen LogP contribution in [0.5, 0.6) is 5.75 Å². The Hall–Kier alpha value is -1.10. The molecule has 0 amide bonds. The Morgan fingerprint density at radius 3 is 2.61 bits per heavy atom. The number of benzene rings is 1. The molecule has 1 aromatic carbocycles. The zero-order chi connectivity index (χ0) is 16.9. The first-order chi connectivity index (χ1) is 10.9. The lowest BCUT2D eigenvalue weighted by Crippen LogP contribution is -2.54. The highest BCUT2D eigenvalue weighted by Crippen LogP contribution is 2.24. The van der Waals surface area contributed by atoms with E-state index < -0.39 is 0 Å². The maximum atomic E-state index is 9.43. The first-order valence-corrected chi connectivity index (χ1v) is 8.62. The van der Waals surface area contributed by atoms with Crippen molar-refractivity contribution in [1.82, 2.24) is 9.80 Å². The molecule has 1 unspecified atom stereocenters. The number of para-hydroxylation sites is 1. The van der Waals surface area contributed by atoms with Crippen LogP contribution in [0.4, 0.5) is 0 Å². The number of rotatable bonds is 6. The van der Waals surface area contributed by atoms with E-state index in [0.29, 0.717) is 11.5 Å². The van der Waals surface area contributed by atoms with Crippen molar-refractivity contribution >= 4 is 0 Å². The molecule has 0 aliphatic carbocycles. The van der Waals surface area contributed by atoms with Crippen LogP contribution in [-0.4, -0.2) is 60.8 Å². The highest BCUT2D eigenvalue weighted by molar-refractivity contribution is 5.33. The minimum absolute atomic E-state index is 0.258. The number of piperazine rings is 1. The van der Waals surface area contributed by atoms with E-state index in [-0.39, 0.29) is 6.61 Å². The fourth-order valence-electron chi connectivity index (χ4n) is 3.42. The minimum atomic E-state index is 0.258. The van der Waals surface area contributed by atoms with Crippen LogP contribution in [0.3, 0.4) is 0 Å². The highest BCUT2D eigenvalue weighted by Gasteiger charge is 2.29. The molecule has 0 bridgehead atoms. The first kappa shape index (κ1) is 18.2. The summed E-state index contributed by atoms with van der Waals surface area (Å²) in [5.74, 6) is 0.961. The minimum Gasteiger partial charge on any atom is -0.496 e. The lowest BCUT2D eigenvalue weighted by Gasteiger charge is -2.44. The molecule has 1 N–H and O–H groups in total. The van der Waals surface area contributed by atoms with E-state index in [9.17, 15) is 5.11 Å². The van der Waals surface area contributed by atoms with E-state index in [1.807, 2.05) is 12.1 Å². The van der Waals surface area contributed by atoms with Crippen molar-refractivity contribution in [1.29, 1.82) is 0 Å². The van der Waals surface area contributed by atoms with E-state index in [1.54, 1.807) is 7.11 Å². The predicted octanol–water partition coefficient (Wildman–Crippen LogP) is 2.61. The fraction of sp³-hybridized carbons (Fsp3) is 0.684. The maximum absolute atomic E-state index is 9.43. The Kier molecular flexibility index (Phi) is 6.45. The topological polar surface area (TPSA) is 35.9 Å². The van der Waals surface area contributed by atoms with Gasteiger partial charge in [0.1, 0.15) is 5.75 Å². The van der Waals surface area contributed by atoms with Gasteiger partial charge in [0.2, 0.25) is 0 Å². The summed E-state index contributed by atoms with van der Waals surface area (Å²) in [5.41, 5.74) is 1.53. The van der Waals surface area contributed by atoms with Gasteiger partial charge >= 0.3 is 0 Å². The molecule has 1 heterocycles. The fourth-order valence-corrected chi connectivity index (χ4v) is 3.42. The summed E-state index contributed by atoms with van der Waals surface area (Å²) in [6.07, 6.45) is 0.846. The number of methoxy groups -OCH3 is 1. The third-order valence-corrected chi connectivity index (χ3v) is 4.42. The van der Waals surface area contributed by atoms with Gasteiger partial charge in [-0.15, -0.1) is 0 Å². The summed E-state index contributed by atoms with van der Waals surface area (Å²) in [6, 6.07) is 8.68. The van der Waals surface area contributed by atoms with Crippen molar-refractivity contribution in [2.24, 2.45) is 5.41 Å². The molecule has 4 heteroatoms. The normalized spacial score (nSPS) is 20.7. The molecule has 130 valence electrons. The van der Waals surface area contributed by atoms with Gasteiger partial charge in [-0.25, -0.2) is 0 Å². The molecule has 0 aromatic heterocycles. The van der Waals surface area contributed by atoms with Gasteiger partial charge in [0.25, 0.3) is 0 Å². The van der Waals surface area contributed by atoms with Crippen LogP contribution in [0, 0.1) is 5.41 Å². The van der Waals surface area contributed by atoms with Gasteiger partial charge in [-0.3, -0.25) is 9.80 Å². The largest absolute Gasteiger partial charge is 0.496 e. The highest BCUT2D eigenvalue weighted by atomic mass is 16.5. The number of aliphatic hydroxyl groups is 1. The van der Waals surface area contributed by atoms with Crippen molar-refractivity contribution < 1.29 is 9.84 Å². The smallest absolute Gasteiger partial charge is 0.123 e. The third kappa shape index (κ3) is 5.48. The summed E-state index contributed by atoms with van der Waals surface area (Å²) in [7, 11) is 1.73. The Balaban J connectivity index is 2.01. The molecule has 0 radical (unpaired) electrons. The number of hydrogen-bond acceptors (Lipinski definition) is 4. The van der Waals surface area contributed by atoms with Crippen molar-refractivity contribution in [3.05, 3.63) is 29.8 Å². The molecule has 1 aliphatic rings. The predicted molar refractivity (Wildman–Crippen MR) is 94.8 cm³/mol. The van der Waals surface area contributed by atoms with Gasteiger partial charge in [-0.05, 0) is 17.9 Å². The zero-order valence-corrected chi connectivity index (χ0v) is 15.1. The average Bonchev–Trinajstić information content (AvgIpc) is 2.49. The van der Waals surface area contributed by atoms with Crippen LogP contribution in [0.1, 0.15) is 32.8 Å². The summed E-state index contributed by atoms with van der Waals surface area (Å²) in [6.45, 7) is 12.2. The van der Waals surface area contributed by atoms with Crippen molar-refractivity contribution in [2.45, 2.75) is 39.8 Å². The quantitative estimate of drug-likeness (QED) is 0.874.